The summed E-state index contributed by atoms with van der Waals surface area (Å²) in [6.45, 7) is 2.47. The van der Waals surface area contributed by atoms with Gasteiger partial charge in [-0.05, 0) is 6.92 Å². The van der Waals surface area contributed by atoms with Gasteiger partial charge in [-0.15, -0.1) is 0 Å². The summed E-state index contributed by atoms with van der Waals surface area (Å²) in [6.07, 6.45) is 8.57. The summed E-state index contributed by atoms with van der Waals surface area (Å²) in [5.74, 6) is 1.55. The van der Waals surface area contributed by atoms with Crippen LogP contribution in [0.15, 0.2) is 41.6 Å². The number of aromatic nitrogens is 5. The third-order valence-electron chi connectivity index (χ3n) is 2.51. The summed E-state index contributed by atoms with van der Waals surface area (Å²) >= 11 is 0. The van der Waals surface area contributed by atoms with E-state index in [1.807, 2.05) is 23.8 Å². The molecule has 0 fully saturated rings. The smallest absolute Gasteiger partial charge is 0.160 e. The molecule has 0 bridgehead atoms. The van der Waals surface area contributed by atoms with Crippen molar-refractivity contribution < 1.29 is 4.52 Å². The van der Waals surface area contributed by atoms with E-state index in [9.17, 15) is 0 Å². The first-order chi connectivity index (χ1) is 8.83. The molecule has 3 heterocycles. The van der Waals surface area contributed by atoms with Gasteiger partial charge in [0.05, 0.1) is 18.4 Å². The van der Waals surface area contributed by atoms with E-state index in [4.69, 9.17) is 4.52 Å². The van der Waals surface area contributed by atoms with Crippen LogP contribution in [-0.4, -0.2) is 24.7 Å². The van der Waals surface area contributed by atoms with Crippen LogP contribution in [0.3, 0.4) is 0 Å². The molecule has 6 heteroatoms. The van der Waals surface area contributed by atoms with Crippen LogP contribution in [0, 0.1) is 6.92 Å². The molecule has 0 aliphatic heterocycles. The summed E-state index contributed by atoms with van der Waals surface area (Å²) in [4.78, 5) is 12.6. The Labute approximate surface area is 103 Å². The number of hydrogen-bond acceptors (Lipinski definition) is 5. The molecule has 0 saturated heterocycles. The molecule has 3 rings (SSSR count). The molecule has 0 amide bonds. The van der Waals surface area contributed by atoms with Crippen molar-refractivity contribution in [1.29, 1.82) is 0 Å². The highest BCUT2D eigenvalue weighted by Gasteiger charge is 2.09. The van der Waals surface area contributed by atoms with Gasteiger partial charge in [-0.25, -0.2) is 9.97 Å². The number of imidazole rings is 1. The molecule has 0 radical (unpaired) electrons. The summed E-state index contributed by atoms with van der Waals surface area (Å²) in [7, 11) is 0. The average molecular weight is 241 g/mol. The van der Waals surface area contributed by atoms with Crippen molar-refractivity contribution in [3.8, 4) is 11.5 Å². The fourth-order valence-corrected chi connectivity index (χ4v) is 1.74. The molecule has 3 aromatic rings. The third kappa shape index (κ3) is 2.00. The Morgan fingerprint density at radius 3 is 2.89 bits per heavy atom. The number of rotatable bonds is 3. The fourth-order valence-electron chi connectivity index (χ4n) is 1.74. The Morgan fingerprint density at radius 2 is 2.17 bits per heavy atom. The number of nitrogens with zero attached hydrogens (tertiary/aromatic N) is 5. The predicted octanol–water partition coefficient (Wildman–Crippen LogP) is 1.68. The molecule has 18 heavy (non-hydrogen) atoms. The lowest BCUT2D eigenvalue weighted by molar-refractivity contribution is 0.373. The summed E-state index contributed by atoms with van der Waals surface area (Å²) in [5, 5.41) is 3.86. The second-order valence-corrected chi connectivity index (χ2v) is 3.90. The normalized spacial score (nSPS) is 10.7. The van der Waals surface area contributed by atoms with Gasteiger partial charge < -0.3 is 9.09 Å². The van der Waals surface area contributed by atoms with Crippen molar-refractivity contribution in [2.75, 3.05) is 0 Å². The molecule has 6 nitrogen and oxygen atoms in total. The Kier molecular flexibility index (Phi) is 2.60. The van der Waals surface area contributed by atoms with E-state index in [2.05, 4.69) is 20.1 Å². The zero-order valence-electron chi connectivity index (χ0n) is 9.82. The van der Waals surface area contributed by atoms with E-state index in [1.54, 1.807) is 24.8 Å². The van der Waals surface area contributed by atoms with Gasteiger partial charge in [0.15, 0.2) is 11.6 Å². The zero-order chi connectivity index (χ0) is 12.4. The highest BCUT2D eigenvalue weighted by Crippen LogP contribution is 2.15. The van der Waals surface area contributed by atoms with Crippen molar-refractivity contribution in [2.24, 2.45) is 0 Å². The van der Waals surface area contributed by atoms with Crippen LogP contribution in [-0.2, 0) is 6.54 Å². The lowest BCUT2D eigenvalue weighted by Crippen LogP contribution is -2.01. The predicted molar refractivity (Wildman–Crippen MR) is 63.6 cm³/mol. The Balaban J connectivity index is 1.93. The maximum absolute atomic E-state index is 5.19. The SMILES string of the molecule is Cc1cc(Cn2ccnc2-c2cnccn2)on1. The number of hydrogen-bond donors (Lipinski definition) is 0. The molecule has 0 unspecified atom stereocenters. The Bertz CT molecular complexity index is 643. The van der Waals surface area contributed by atoms with Crippen molar-refractivity contribution >= 4 is 0 Å². The second kappa shape index (κ2) is 4.40. The lowest BCUT2D eigenvalue weighted by Gasteiger charge is -2.03. The summed E-state index contributed by atoms with van der Waals surface area (Å²) < 4.78 is 7.14. The molecular weight excluding hydrogens is 230 g/mol. The quantitative estimate of drug-likeness (QED) is 0.697. The first-order valence-corrected chi connectivity index (χ1v) is 5.52. The summed E-state index contributed by atoms with van der Waals surface area (Å²) in [5.41, 5.74) is 1.60. The van der Waals surface area contributed by atoms with Crippen LogP contribution in [0.2, 0.25) is 0 Å². The van der Waals surface area contributed by atoms with Crippen LogP contribution in [0.5, 0.6) is 0 Å². The zero-order valence-corrected chi connectivity index (χ0v) is 9.82. The van der Waals surface area contributed by atoms with Gasteiger partial charge in [0.1, 0.15) is 5.69 Å². The maximum Gasteiger partial charge on any atom is 0.160 e. The van der Waals surface area contributed by atoms with Crippen LogP contribution in [0.25, 0.3) is 11.5 Å². The average Bonchev–Trinajstić information content (AvgIpc) is 3.00. The van der Waals surface area contributed by atoms with Crippen LogP contribution in [0.4, 0.5) is 0 Å². The van der Waals surface area contributed by atoms with Crippen LogP contribution >= 0.6 is 0 Å². The molecule has 0 spiro atoms. The van der Waals surface area contributed by atoms with E-state index < -0.39 is 0 Å². The minimum atomic E-state index is 0.576. The van der Waals surface area contributed by atoms with Crippen molar-refractivity contribution in [3.05, 3.63) is 48.5 Å². The molecule has 0 atom stereocenters. The maximum atomic E-state index is 5.19. The van der Waals surface area contributed by atoms with E-state index in [0.717, 1.165) is 23.0 Å². The van der Waals surface area contributed by atoms with Crippen molar-refractivity contribution in [3.63, 3.8) is 0 Å². The van der Waals surface area contributed by atoms with Crippen molar-refractivity contribution in [2.45, 2.75) is 13.5 Å². The Morgan fingerprint density at radius 1 is 1.22 bits per heavy atom. The molecular formula is C12H11N5O. The van der Waals surface area contributed by atoms with E-state index in [-0.39, 0.29) is 0 Å². The highest BCUT2D eigenvalue weighted by atomic mass is 16.5. The minimum absolute atomic E-state index is 0.576. The fraction of sp³-hybridized carbons (Fsp3) is 0.167. The molecule has 0 aliphatic rings. The second-order valence-electron chi connectivity index (χ2n) is 3.90. The number of aryl methyl sites for hydroxylation is 1. The molecule has 3 aromatic heterocycles. The first kappa shape index (κ1) is 10.6. The van der Waals surface area contributed by atoms with Gasteiger partial charge in [0, 0.05) is 30.9 Å². The van der Waals surface area contributed by atoms with Crippen LogP contribution in [0.1, 0.15) is 11.5 Å². The standard InChI is InChI=1S/C12H11N5O/c1-9-6-10(18-16-9)8-17-5-4-15-12(17)11-7-13-2-3-14-11/h2-7H,8H2,1H3. The van der Waals surface area contributed by atoms with Gasteiger partial charge in [-0.2, -0.15) is 0 Å². The van der Waals surface area contributed by atoms with Gasteiger partial charge >= 0.3 is 0 Å². The van der Waals surface area contributed by atoms with E-state index in [1.165, 1.54) is 0 Å². The topological polar surface area (TPSA) is 69.6 Å². The van der Waals surface area contributed by atoms with E-state index in [0.29, 0.717) is 6.54 Å². The van der Waals surface area contributed by atoms with Gasteiger partial charge in [-0.3, -0.25) is 4.98 Å². The van der Waals surface area contributed by atoms with Crippen molar-refractivity contribution in [1.82, 2.24) is 24.7 Å². The van der Waals surface area contributed by atoms with Crippen LogP contribution < -0.4 is 0 Å². The molecule has 0 N–H and O–H groups in total. The first-order valence-electron chi connectivity index (χ1n) is 5.52. The third-order valence-corrected chi connectivity index (χ3v) is 2.51. The monoisotopic (exact) mass is 241 g/mol. The Hall–Kier alpha value is -2.50. The van der Waals surface area contributed by atoms with Gasteiger partial charge in [0.2, 0.25) is 0 Å². The summed E-state index contributed by atoms with van der Waals surface area (Å²) in [6, 6.07) is 1.90. The van der Waals surface area contributed by atoms with Gasteiger partial charge in [-0.1, -0.05) is 5.16 Å². The molecule has 0 aromatic carbocycles. The highest BCUT2D eigenvalue weighted by molar-refractivity contribution is 5.47. The molecule has 0 saturated carbocycles. The largest absolute Gasteiger partial charge is 0.359 e. The minimum Gasteiger partial charge on any atom is -0.359 e. The molecule has 0 aliphatic carbocycles. The molecule has 90 valence electrons. The van der Waals surface area contributed by atoms with Gasteiger partial charge in [0.25, 0.3) is 0 Å². The van der Waals surface area contributed by atoms with E-state index >= 15 is 0 Å². The lowest BCUT2D eigenvalue weighted by atomic mass is 10.3.